The fraction of sp³-hybridized carbons (Fsp3) is 0.438. The summed E-state index contributed by atoms with van der Waals surface area (Å²) in [7, 11) is 0. The summed E-state index contributed by atoms with van der Waals surface area (Å²) >= 11 is 0. The summed E-state index contributed by atoms with van der Waals surface area (Å²) < 4.78 is 35.0. The number of hydrogen-bond donors (Lipinski definition) is 0. The molecular formula is C32H36O6. The Morgan fingerprint density at radius 2 is 0.947 bits per heavy atom. The number of rotatable bonds is 13. The molecule has 0 aromatic heterocycles. The second-order valence-corrected chi connectivity index (χ2v) is 10.8. The van der Waals surface area contributed by atoms with Crippen molar-refractivity contribution in [3.63, 3.8) is 0 Å². The lowest BCUT2D eigenvalue weighted by Crippen LogP contribution is -2.11. The lowest BCUT2D eigenvalue weighted by Gasteiger charge is -2.20. The molecule has 3 aliphatic heterocycles. The van der Waals surface area contributed by atoms with Crippen molar-refractivity contribution < 1.29 is 28.4 Å². The number of epoxide rings is 3. The minimum atomic E-state index is 0.171. The molecule has 3 heterocycles. The molecule has 3 fully saturated rings. The van der Waals surface area contributed by atoms with Crippen LogP contribution in [0, 0.1) is 20.8 Å². The van der Waals surface area contributed by atoms with E-state index in [0.717, 1.165) is 59.3 Å². The van der Waals surface area contributed by atoms with Crippen molar-refractivity contribution in [3.8, 4) is 17.2 Å². The van der Waals surface area contributed by atoms with Crippen molar-refractivity contribution in [2.45, 2.75) is 51.9 Å². The van der Waals surface area contributed by atoms with Crippen LogP contribution in [0.25, 0.3) is 0 Å². The third-order valence-electron chi connectivity index (χ3n) is 7.05. The van der Waals surface area contributed by atoms with E-state index in [1.165, 1.54) is 16.7 Å². The highest BCUT2D eigenvalue weighted by Crippen LogP contribution is 2.35. The van der Waals surface area contributed by atoms with E-state index in [9.17, 15) is 0 Å². The lowest BCUT2D eigenvalue weighted by molar-refractivity contribution is 0.257. The highest BCUT2D eigenvalue weighted by Gasteiger charge is 2.27. The smallest absolute Gasteiger partial charge is 0.126 e. The van der Waals surface area contributed by atoms with Crippen LogP contribution in [0.15, 0.2) is 48.5 Å². The van der Waals surface area contributed by atoms with Gasteiger partial charge in [-0.05, 0) is 55.2 Å². The van der Waals surface area contributed by atoms with Gasteiger partial charge in [0, 0.05) is 12.8 Å². The van der Waals surface area contributed by atoms with Crippen LogP contribution in [0.5, 0.6) is 17.2 Å². The van der Waals surface area contributed by atoms with E-state index in [1.807, 2.05) is 0 Å². The van der Waals surface area contributed by atoms with Crippen LogP contribution in [0.3, 0.4) is 0 Å². The third-order valence-corrected chi connectivity index (χ3v) is 7.05. The maximum atomic E-state index is 6.50. The molecule has 6 nitrogen and oxygen atoms in total. The van der Waals surface area contributed by atoms with Gasteiger partial charge in [0.2, 0.25) is 0 Å². The summed E-state index contributed by atoms with van der Waals surface area (Å²) in [6.07, 6.45) is 2.03. The maximum Gasteiger partial charge on any atom is 0.126 e. The minimum Gasteiger partial charge on any atom is -0.490 e. The Labute approximate surface area is 224 Å². The molecule has 0 spiro atoms. The van der Waals surface area contributed by atoms with Gasteiger partial charge in [-0.3, -0.25) is 0 Å². The minimum absolute atomic E-state index is 0.171. The van der Waals surface area contributed by atoms with Gasteiger partial charge in [-0.1, -0.05) is 53.1 Å². The van der Waals surface area contributed by atoms with Crippen molar-refractivity contribution in [2.24, 2.45) is 0 Å². The Bertz CT molecular complexity index is 1200. The molecule has 0 radical (unpaired) electrons. The summed E-state index contributed by atoms with van der Waals surface area (Å²) in [6.45, 7) is 10.4. The lowest BCUT2D eigenvalue weighted by atomic mass is 9.93. The normalized spacial score (nSPS) is 21.2. The largest absolute Gasteiger partial charge is 0.490 e. The summed E-state index contributed by atoms with van der Waals surface area (Å²) in [5, 5.41) is 0. The molecule has 3 aromatic rings. The molecule has 6 rings (SSSR count). The standard InChI is InChI=1S/C32H36O6/c1-20-4-6-30(36-17-27-14-33-27)23(8-20)12-25-10-22(3)11-26(32(25)38-19-29-16-35-29)13-24-9-21(2)5-7-31(24)37-18-28-15-34-28/h4-11,27-29H,12-19H2,1-3H3. The molecule has 0 saturated carbocycles. The van der Waals surface area contributed by atoms with Gasteiger partial charge in [-0.2, -0.15) is 0 Å². The van der Waals surface area contributed by atoms with Crippen LogP contribution in [-0.4, -0.2) is 58.0 Å². The fourth-order valence-corrected chi connectivity index (χ4v) is 4.80. The van der Waals surface area contributed by atoms with Crippen LogP contribution in [0.4, 0.5) is 0 Å². The zero-order valence-electron chi connectivity index (χ0n) is 22.5. The molecule has 38 heavy (non-hydrogen) atoms. The molecule has 3 aliphatic rings. The van der Waals surface area contributed by atoms with E-state index in [0.29, 0.717) is 32.7 Å². The second kappa shape index (κ2) is 11.0. The van der Waals surface area contributed by atoms with Crippen molar-refractivity contribution >= 4 is 0 Å². The zero-order chi connectivity index (χ0) is 26.1. The van der Waals surface area contributed by atoms with E-state index in [-0.39, 0.29) is 18.3 Å². The Balaban J connectivity index is 1.32. The van der Waals surface area contributed by atoms with E-state index >= 15 is 0 Å². The predicted molar refractivity (Wildman–Crippen MR) is 145 cm³/mol. The second-order valence-electron chi connectivity index (χ2n) is 10.8. The van der Waals surface area contributed by atoms with Crippen molar-refractivity contribution in [1.82, 2.24) is 0 Å². The number of aryl methyl sites for hydroxylation is 3. The first-order chi connectivity index (χ1) is 18.5. The Hall–Kier alpha value is -3.06. The molecule has 0 N–H and O–H groups in total. The molecule has 0 amide bonds. The van der Waals surface area contributed by atoms with Gasteiger partial charge in [0.15, 0.2) is 0 Å². The van der Waals surface area contributed by atoms with Gasteiger partial charge < -0.3 is 28.4 Å². The van der Waals surface area contributed by atoms with Crippen molar-refractivity contribution in [2.75, 3.05) is 39.6 Å². The number of ether oxygens (including phenoxy) is 6. The van der Waals surface area contributed by atoms with E-state index in [1.54, 1.807) is 0 Å². The van der Waals surface area contributed by atoms with Crippen LogP contribution in [0.1, 0.15) is 38.9 Å². The van der Waals surface area contributed by atoms with Gasteiger partial charge in [0.05, 0.1) is 19.8 Å². The molecule has 0 aliphatic carbocycles. The molecule has 3 atom stereocenters. The Morgan fingerprint density at radius 1 is 0.553 bits per heavy atom. The number of benzene rings is 3. The van der Waals surface area contributed by atoms with E-state index in [4.69, 9.17) is 28.4 Å². The van der Waals surface area contributed by atoms with E-state index < -0.39 is 0 Å². The topological polar surface area (TPSA) is 65.3 Å². The average Bonchev–Trinajstić information content (AvgIpc) is 3.73. The zero-order valence-corrected chi connectivity index (χ0v) is 22.5. The highest BCUT2D eigenvalue weighted by molar-refractivity contribution is 5.52. The van der Waals surface area contributed by atoms with Gasteiger partial charge in [0.25, 0.3) is 0 Å². The van der Waals surface area contributed by atoms with Crippen LogP contribution >= 0.6 is 0 Å². The SMILES string of the molecule is Cc1ccc(OCC2CO2)c(Cc2cc(C)cc(Cc3cc(C)ccc3OCC3CO3)c2OCC2CO2)c1. The first kappa shape index (κ1) is 25.2. The third kappa shape index (κ3) is 6.68. The Kier molecular flexibility index (Phi) is 7.28. The molecular weight excluding hydrogens is 480 g/mol. The quantitative estimate of drug-likeness (QED) is 0.294. The van der Waals surface area contributed by atoms with Crippen LogP contribution in [0.2, 0.25) is 0 Å². The van der Waals surface area contributed by atoms with Crippen molar-refractivity contribution in [3.05, 3.63) is 87.5 Å². The summed E-state index contributed by atoms with van der Waals surface area (Å²) in [5.41, 5.74) is 8.22. The van der Waals surface area contributed by atoms with Gasteiger partial charge >= 0.3 is 0 Å². The monoisotopic (exact) mass is 516 g/mol. The molecule has 3 aromatic carbocycles. The average molecular weight is 517 g/mol. The van der Waals surface area contributed by atoms with Crippen molar-refractivity contribution in [1.29, 1.82) is 0 Å². The van der Waals surface area contributed by atoms with Gasteiger partial charge in [-0.15, -0.1) is 0 Å². The predicted octanol–water partition coefficient (Wildman–Crippen LogP) is 5.13. The molecule has 6 heteroatoms. The Morgan fingerprint density at radius 3 is 1.37 bits per heavy atom. The fourth-order valence-electron chi connectivity index (χ4n) is 4.80. The van der Waals surface area contributed by atoms with Gasteiger partial charge in [0.1, 0.15) is 55.4 Å². The van der Waals surface area contributed by atoms with Gasteiger partial charge in [-0.25, -0.2) is 0 Å². The summed E-state index contributed by atoms with van der Waals surface area (Å²) in [4.78, 5) is 0. The molecule has 3 unspecified atom stereocenters. The summed E-state index contributed by atoms with van der Waals surface area (Å²) in [5.74, 6) is 2.74. The first-order valence-corrected chi connectivity index (χ1v) is 13.5. The van der Waals surface area contributed by atoms with E-state index in [2.05, 4.69) is 69.3 Å². The summed E-state index contributed by atoms with van der Waals surface area (Å²) in [6, 6.07) is 17.2. The van der Waals surface area contributed by atoms with Crippen LogP contribution in [-0.2, 0) is 27.1 Å². The molecule has 0 bridgehead atoms. The highest BCUT2D eigenvalue weighted by atomic mass is 16.6. The van der Waals surface area contributed by atoms with Crippen LogP contribution < -0.4 is 14.2 Å². The molecule has 200 valence electrons. The molecule has 3 saturated heterocycles. The maximum absolute atomic E-state index is 6.50. The number of hydrogen-bond acceptors (Lipinski definition) is 6. The first-order valence-electron chi connectivity index (χ1n) is 13.5.